The van der Waals surface area contributed by atoms with Gasteiger partial charge in [0.25, 0.3) is 0 Å². The van der Waals surface area contributed by atoms with E-state index in [1.807, 2.05) is 12.1 Å². The summed E-state index contributed by atoms with van der Waals surface area (Å²) in [6.07, 6.45) is 0. The lowest BCUT2D eigenvalue weighted by atomic mass is 10.2. The van der Waals surface area contributed by atoms with E-state index in [2.05, 4.69) is 4.98 Å². The number of H-pyrrole nitrogens is 1. The van der Waals surface area contributed by atoms with Crippen LogP contribution in [-0.4, -0.2) is 17.6 Å². The Kier molecular flexibility index (Phi) is 2.33. The van der Waals surface area contributed by atoms with Crippen molar-refractivity contribution < 1.29 is 9.53 Å². The van der Waals surface area contributed by atoms with Gasteiger partial charge < -0.3 is 15.5 Å². The molecule has 15 heavy (non-hydrogen) atoms. The first kappa shape index (κ1) is 9.58. The molecule has 0 aliphatic rings. The SMILES string of the molecule is CCOC(=O)c1cc2c(N)cccc2[nH]1. The maximum Gasteiger partial charge on any atom is 0.354 e. The Balaban J connectivity index is 2.47. The normalized spacial score (nSPS) is 10.5. The molecule has 4 nitrogen and oxygen atoms in total. The lowest BCUT2D eigenvalue weighted by molar-refractivity contribution is 0.0520. The van der Waals surface area contributed by atoms with E-state index >= 15 is 0 Å². The second-order valence-electron chi connectivity index (χ2n) is 3.21. The molecular formula is C11H12N2O2. The van der Waals surface area contributed by atoms with Gasteiger partial charge in [-0.3, -0.25) is 0 Å². The van der Waals surface area contributed by atoms with E-state index < -0.39 is 0 Å². The van der Waals surface area contributed by atoms with Gasteiger partial charge in [-0.2, -0.15) is 0 Å². The van der Waals surface area contributed by atoms with Crippen LogP contribution >= 0.6 is 0 Å². The molecule has 0 unspecified atom stereocenters. The number of esters is 1. The average molecular weight is 204 g/mol. The number of anilines is 1. The summed E-state index contributed by atoms with van der Waals surface area (Å²) in [6, 6.07) is 7.21. The van der Waals surface area contributed by atoms with Crippen molar-refractivity contribution in [3.05, 3.63) is 30.0 Å². The van der Waals surface area contributed by atoms with E-state index in [0.29, 0.717) is 18.0 Å². The minimum atomic E-state index is -0.354. The fourth-order valence-corrected chi connectivity index (χ4v) is 1.50. The van der Waals surface area contributed by atoms with Crippen molar-refractivity contribution in [2.45, 2.75) is 6.92 Å². The quantitative estimate of drug-likeness (QED) is 0.580. The predicted octanol–water partition coefficient (Wildman–Crippen LogP) is 1.93. The highest BCUT2D eigenvalue weighted by Gasteiger charge is 2.10. The van der Waals surface area contributed by atoms with Gasteiger partial charge in [0.2, 0.25) is 0 Å². The second-order valence-corrected chi connectivity index (χ2v) is 3.21. The van der Waals surface area contributed by atoms with Crippen LogP contribution in [0.1, 0.15) is 17.4 Å². The Morgan fingerprint density at radius 1 is 1.53 bits per heavy atom. The van der Waals surface area contributed by atoms with Crippen molar-refractivity contribution in [2.75, 3.05) is 12.3 Å². The molecule has 78 valence electrons. The largest absolute Gasteiger partial charge is 0.461 e. The van der Waals surface area contributed by atoms with Crippen LogP contribution < -0.4 is 5.73 Å². The van der Waals surface area contributed by atoms with Crippen molar-refractivity contribution in [3.8, 4) is 0 Å². The van der Waals surface area contributed by atoms with E-state index in [9.17, 15) is 4.79 Å². The van der Waals surface area contributed by atoms with E-state index in [-0.39, 0.29) is 5.97 Å². The second kappa shape index (κ2) is 3.65. The zero-order valence-electron chi connectivity index (χ0n) is 8.41. The highest BCUT2D eigenvalue weighted by molar-refractivity contribution is 5.99. The molecule has 1 heterocycles. The first-order valence-corrected chi connectivity index (χ1v) is 4.76. The van der Waals surface area contributed by atoms with Crippen molar-refractivity contribution in [1.29, 1.82) is 0 Å². The molecule has 0 saturated carbocycles. The molecule has 0 amide bonds. The number of rotatable bonds is 2. The predicted molar refractivity (Wildman–Crippen MR) is 58.7 cm³/mol. The molecule has 4 heteroatoms. The van der Waals surface area contributed by atoms with E-state index in [1.54, 1.807) is 19.1 Å². The smallest absolute Gasteiger partial charge is 0.354 e. The number of benzene rings is 1. The summed E-state index contributed by atoms with van der Waals surface area (Å²) in [4.78, 5) is 14.4. The fourth-order valence-electron chi connectivity index (χ4n) is 1.50. The molecule has 3 N–H and O–H groups in total. The van der Waals surface area contributed by atoms with Gasteiger partial charge in [-0.1, -0.05) is 6.07 Å². The van der Waals surface area contributed by atoms with Crippen LogP contribution in [0, 0.1) is 0 Å². The van der Waals surface area contributed by atoms with Gasteiger partial charge >= 0.3 is 5.97 Å². The van der Waals surface area contributed by atoms with Crippen LogP contribution in [0.5, 0.6) is 0 Å². The van der Waals surface area contributed by atoms with E-state index in [4.69, 9.17) is 10.5 Å². The fraction of sp³-hybridized carbons (Fsp3) is 0.182. The third-order valence-corrected chi connectivity index (χ3v) is 2.19. The van der Waals surface area contributed by atoms with Gasteiger partial charge in [0.15, 0.2) is 0 Å². The Hall–Kier alpha value is -1.97. The van der Waals surface area contributed by atoms with Gasteiger partial charge in [-0.25, -0.2) is 4.79 Å². The summed E-state index contributed by atoms with van der Waals surface area (Å²) < 4.78 is 4.89. The number of aromatic nitrogens is 1. The minimum absolute atomic E-state index is 0.354. The Morgan fingerprint density at radius 2 is 2.33 bits per heavy atom. The molecule has 0 atom stereocenters. The molecule has 2 aromatic rings. The van der Waals surface area contributed by atoms with Crippen LogP contribution in [0.15, 0.2) is 24.3 Å². The van der Waals surface area contributed by atoms with Gasteiger partial charge in [0.05, 0.1) is 6.61 Å². The monoisotopic (exact) mass is 204 g/mol. The Morgan fingerprint density at radius 3 is 3.00 bits per heavy atom. The zero-order chi connectivity index (χ0) is 10.8. The third-order valence-electron chi connectivity index (χ3n) is 2.19. The molecule has 1 aromatic carbocycles. The number of fused-ring (bicyclic) bond motifs is 1. The van der Waals surface area contributed by atoms with Gasteiger partial charge in [0.1, 0.15) is 5.69 Å². The number of carbonyl (C=O) groups is 1. The van der Waals surface area contributed by atoms with Gasteiger partial charge in [-0.15, -0.1) is 0 Å². The molecule has 0 aliphatic heterocycles. The number of hydrogen-bond acceptors (Lipinski definition) is 3. The van der Waals surface area contributed by atoms with Crippen LogP contribution in [0.4, 0.5) is 5.69 Å². The maximum absolute atomic E-state index is 11.4. The molecule has 0 fully saturated rings. The summed E-state index contributed by atoms with van der Waals surface area (Å²) in [5.41, 5.74) is 7.70. The summed E-state index contributed by atoms with van der Waals surface area (Å²) in [5, 5.41) is 0.848. The molecule has 2 rings (SSSR count). The zero-order valence-corrected chi connectivity index (χ0v) is 8.41. The first-order valence-electron chi connectivity index (χ1n) is 4.76. The average Bonchev–Trinajstić information content (AvgIpc) is 2.63. The van der Waals surface area contributed by atoms with Gasteiger partial charge in [0, 0.05) is 16.6 Å². The summed E-state index contributed by atoms with van der Waals surface area (Å²) in [7, 11) is 0. The highest BCUT2D eigenvalue weighted by Crippen LogP contribution is 2.21. The molecule has 0 radical (unpaired) electrons. The lowest BCUT2D eigenvalue weighted by Gasteiger charge is -1.96. The molecule has 0 saturated heterocycles. The number of aromatic amines is 1. The number of nitrogens with two attached hydrogens (primary N) is 1. The maximum atomic E-state index is 11.4. The molecule has 0 bridgehead atoms. The standard InChI is InChI=1S/C11H12N2O2/c1-2-15-11(14)10-6-7-8(12)4-3-5-9(7)13-10/h3-6,13H,2,12H2,1H3. The summed E-state index contributed by atoms with van der Waals surface area (Å²) in [6.45, 7) is 2.14. The number of nitrogen functional groups attached to an aromatic ring is 1. The van der Waals surface area contributed by atoms with Crippen molar-refractivity contribution in [1.82, 2.24) is 4.98 Å². The number of nitrogens with one attached hydrogen (secondary N) is 1. The lowest BCUT2D eigenvalue weighted by Crippen LogP contribution is -2.04. The Labute approximate surface area is 87.0 Å². The van der Waals surface area contributed by atoms with E-state index in [0.717, 1.165) is 10.9 Å². The highest BCUT2D eigenvalue weighted by atomic mass is 16.5. The van der Waals surface area contributed by atoms with Crippen LogP contribution in [0.3, 0.4) is 0 Å². The van der Waals surface area contributed by atoms with Crippen LogP contribution in [0.2, 0.25) is 0 Å². The molecule has 0 aliphatic carbocycles. The molecular weight excluding hydrogens is 192 g/mol. The van der Waals surface area contributed by atoms with Crippen molar-refractivity contribution in [3.63, 3.8) is 0 Å². The summed E-state index contributed by atoms with van der Waals surface area (Å²) >= 11 is 0. The number of carbonyl (C=O) groups excluding carboxylic acids is 1. The number of hydrogen-bond donors (Lipinski definition) is 2. The van der Waals surface area contributed by atoms with E-state index in [1.165, 1.54) is 0 Å². The summed E-state index contributed by atoms with van der Waals surface area (Å²) in [5.74, 6) is -0.354. The van der Waals surface area contributed by atoms with Crippen molar-refractivity contribution in [2.24, 2.45) is 0 Å². The Bertz CT molecular complexity index is 502. The topological polar surface area (TPSA) is 68.1 Å². The molecule has 1 aromatic heterocycles. The van der Waals surface area contributed by atoms with Crippen molar-refractivity contribution >= 4 is 22.6 Å². The third kappa shape index (κ3) is 1.66. The number of ether oxygens (including phenoxy) is 1. The van der Waals surface area contributed by atoms with Crippen LogP contribution in [-0.2, 0) is 4.74 Å². The van der Waals surface area contributed by atoms with Crippen LogP contribution in [0.25, 0.3) is 10.9 Å². The van der Waals surface area contributed by atoms with Gasteiger partial charge in [-0.05, 0) is 25.1 Å². The minimum Gasteiger partial charge on any atom is -0.461 e. The first-order chi connectivity index (χ1) is 7.22. The molecule has 0 spiro atoms.